The van der Waals surface area contributed by atoms with Gasteiger partial charge < -0.3 is 25.0 Å². The Bertz CT molecular complexity index is 890. The summed E-state index contributed by atoms with van der Waals surface area (Å²) in [4.78, 5) is 24.7. The third-order valence-electron chi connectivity index (χ3n) is 5.51. The van der Waals surface area contributed by atoms with Crippen LogP contribution in [0.1, 0.15) is 54.9 Å². The lowest BCUT2D eigenvalue weighted by molar-refractivity contribution is -0.115. The lowest BCUT2D eigenvalue weighted by Crippen LogP contribution is -2.40. The van der Waals surface area contributed by atoms with E-state index in [2.05, 4.69) is 5.32 Å². The van der Waals surface area contributed by atoms with E-state index < -0.39 is 18.2 Å². The molecular formula is C25H31NO6. The number of phenolic OH excluding ortho intramolecular Hbond substituents is 1. The molecule has 0 radical (unpaired) electrons. The molecule has 2 aliphatic heterocycles. The molecule has 2 heterocycles. The second-order valence-corrected chi connectivity index (χ2v) is 8.13. The molecule has 1 aromatic carbocycles. The molecule has 4 atom stereocenters. The molecule has 2 bridgehead atoms. The minimum atomic E-state index is -0.577. The van der Waals surface area contributed by atoms with Gasteiger partial charge in [0.2, 0.25) is 5.91 Å². The van der Waals surface area contributed by atoms with Crippen LogP contribution in [-0.4, -0.2) is 46.5 Å². The van der Waals surface area contributed by atoms with Crippen molar-refractivity contribution in [1.29, 1.82) is 0 Å². The maximum absolute atomic E-state index is 12.9. The SMILES string of the molecule is CC/C=C/C=C/C(=O)N/C=C/CC1CC2CC(O)CC(Cc3cccc(O)c3C(=O)O1)O2. The molecule has 7 nitrogen and oxygen atoms in total. The Morgan fingerprint density at radius 1 is 1.19 bits per heavy atom. The van der Waals surface area contributed by atoms with Crippen molar-refractivity contribution in [3.8, 4) is 5.75 Å². The fourth-order valence-corrected chi connectivity index (χ4v) is 4.07. The van der Waals surface area contributed by atoms with E-state index in [1.165, 1.54) is 18.3 Å². The van der Waals surface area contributed by atoms with E-state index in [1.54, 1.807) is 24.3 Å². The molecule has 1 aromatic rings. The Morgan fingerprint density at radius 3 is 2.81 bits per heavy atom. The van der Waals surface area contributed by atoms with Gasteiger partial charge in [-0.05, 0) is 37.3 Å². The van der Waals surface area contributed by atoms with Crippen LogP contribution in [0.5, 0.6) is 5.75 Å². The topological polar surface area (TPSA) is 105 Å². The minimum absolute atomic E-state index is 0.133. The van der Waals surface area contributed by atoms with Gasteiger partial charge in [0.05, 0.1) is 18.3 Å². The first-order chi connectivity index (χ1) is 15.5. The number of nitrogens with one attached hydrogen (secondary N) is 1. The number of phenols is 1. The van der Waals surface area contributed by atoms with Crippen molar-refractivity contribution < 1.29 is 29.3 Å². The summed E-state index contributed by atoms with van der Waals surface area (Å²) in [6, 6.07) is 4.91. The van der Waals surface area contributed by atoms with Crippen LogP contribution < -0.4 is 5.32 Å². The van der Waals surface area contributed by atoms with Crippen molar-refractivity contribution >= 4 is 11.9 Å². The molecule has 3 N–H and O–H groups in total. The van der Waals surface area contributed by atoms with Gasteiger partial charge in [-0.3, -0.25) is 4.79 Å². The van der Waals surface area contributed by atoms with Crippen molar-refractivity contribution in [1.82, 2.24) is 5.32 Å². The number of cyclic esters (lactones) is 1. The average Bonchev–Trinajstić information content (AvgIpc) is 2.73. The lowest BCUT2D eigenvalue weighted by Gasteiger charge is -2.36. The zero-order chi connectivity index (χ0) is 22.9. The van der Waals surface area contributed by atoms with Crippen LogP contribution in [0.25, 0.3) is 0 Å². The van der Waals surface area contributed by atoms with Crippen LogP contribution in [-0.2, 0) is 20.7 Å². The first kappa shape index (κ1) is 23.8. The predicted octanol–water partition coefficient (Wildman–Crippen LogP) is 3.31. The summed E-state index contributed by atoms with van der Waals surface area (Å²) in [5.74, 6) is -0.969. The first-order valence-electron chi connectivity index (χ1n) is 11.1. The minimum Gasteiger partial charge on any atom is -0.507 e. The summed E-state index contributed by atoms with van der Waals surface area (Å²) >= 11 is 0. The molecule has 0 aromatic heterocycles. The van der Waals surface area contributed by atoms with Crippen LogP contribution in [0.2, 0.25) is 0 Å². The highest BCUT2D eigenvalue weighted by molar-refractivity contribution is 5.94. The van der Waals surface area contributed by atoms with Gasteiger partial charge in [0.15, 0.2) is 0 Å². The number of ether oxygens (including phenoxy) is 2. The van der Waals surface area contributed by atoms with Crippen LogP contribution in [0.15, 0.2) is 54.8 Å². The zero-order valence-corrected chi connectivity index (χ0v) is 18.3. The third-order valence-corrected chi connectivity index (χ3v) is 5.51. The highest BCUT2D eigenvalue weighted by atomic mass is 16.5. The monoisotopic (exact) mass is 441 g/mol. The summed E-state index contributed by atoms with van der Waals surface area (Å²) in [5, 5.41) is 23.2. The predicted molar refractivity (Wildman–Crippen MR) is 120 cm³/mol. The van der Waals surface area contributed by atoms with Crippen molar-refractivity contribution in [3.05, 3.63) is 65.9 Å². The number of aliphatic hydroxyl groups excluding tert-OH is 1. The van der Waals surface area contributed by atoms with Crippen LogP contribution in [0.4, 0.5) is 0 Å². The fraction of sp³-hybridized carbons (Fsp3) is 0.440. The van der Waals surface area contributed by atoms with Crippen molar-refractivity contribution in [3.63, 3.8) is 0 Å². The van der Waals surface area contributed by atoms with Gasteiger partial charge in [-0.1, -0.05) is 43.4 Å². The molecule has 32 heavy (non-hydrogen) atoms. The summed E-state index contributed by atoms with van der Waals surface area (Å²) in [7, 11) is 0. The zero-order valence-electron chi connectivity index (χ0n) is 18.3. The average molecular weight is 442 g/mol. The van der Waals surface area contributed by atoms with Gasteiger partial charge in [0.1, 0.15) is 17.4 Å². The maximum atomic E-state index is 12.9. The second kappa shape index (κ2) is 11.6. The van der Waals surface area contributed by atoms with E-state index >= 15 is 0 Å². The number of hydrogen-bond donors (Lipinski definition) is 3. The summed E-state index contributed by atoms with van der Waals surface area (Å²) in [6.45, 7) is 2.01. The van der Waals surface area contributed by atoms with Gasteiger partial charge in [-0.15, -0.1) is 0 Å². The van der Waals surface area contributed by atoms with Crippen molar-refractivity contribution in [2.75, 3.05) is 0 Å². The van der Waals surface area contributed by atoms with E-state index in [9.17, 15) is 19.8 Å². The quantitative estimate of drug-likeness (QED) is 0.355. The van der Waals surface area contributed by atoms with E-state index in [4.69, 9.17) is 9.47 Å². The molecule has 7 heteroatoms. The van der Waals surface area contributed by atoms with Crippen molar-refractivity contribution in [2.45, 2.75) is 69.9 Å². The summed E-state index contributed by atoms with van der Waals surface area (Å²) < 4.78 is 11.9. The molecule has 1 fully saturated rings. The largest absolute Gasteiger partial charge is 0.507 e. The molecule has 0 aliphatic carbocycles. The first-order valence-corrected chi connectivity index (χ1v) is 11.1. The number of rotatable bonds is 6. The maximum Gasteiger partial charge on any atom is 0.342 e. The molecule has 0 spiro atoms. The van der Waals surface area contributed by atoms with Gasteiger partial charge >= 0.3 is 5.97 Å². The van der Waals surface area contributed by atoms with Gasteiger partial charge in [-0.25, -0.2) is 4.79 Å². The summed E-state index contributed by atoms with van der Waals surface area (Å²) in [6.07, 6.45) is 11.7. The number of carbonyl (C=O) groups excluding carboxylic acids is 2. The summed E-state index contributed by atoms with van der Waals surface area (Å²) in [5.41, 5.74) is 0.780. The number of amides is 1. The Balaban J connectivity index is 1.70. The number of carbonyl (C=O) groups is 2. The van der Waals surface area contributed by atoms with Crippen LogP contribution in [0, 0.1) is 0 Å². The molecule has 172 valence electrons. The van der Waals surface area contributed by atoms with Gasteiger partial charge in [0.25, 0.3) is 0 Å². The highest BCUT2D eigenvalue weighted by Crippen LogP contribution is 2.32. The molecule has 2 aliphatic rings. The Kier molecular flexibility index (Phi) is 8.64. The highest BCUT2D eigenvalue weighted by Gasteiger charge is 2.34. The van der Waals surface area contributed by atoms with Gasteiger partial charge in [0, 0.05) is 25.1 Å². The number of aromatic hydroxyl groups is 1. The smallest absolute Gasteiger partial charge is 0.342 e. The third kappa shape index (κ3) is 6.80. The Labute approximate surface area is 188 Å². The number of aliphatic hydroxyl groups is 1. The van der Waals surface area contributed by atoms with Crippen LogP contribution >= 0.6 is 0 Å². The molecule has 1 amide bonds. The number of allylic oxidation sites excluding steroid dienone is 3. The standard InChI is InChI=1S/C25H31NO6/c1-2-3-4-5-11-23(29)26-12-7-9-19-16-21-15-18(27)14-20(31-21)13-17-8-6-10-22(28)24(17)25(30)32-19/h3-8,10-12,18-21,27-28H,2,9,13-16H2,1H3,(H,26,29)/b4-3+,11-5+,12-7+. The lowest BCUT2D eigenvalue weighted by atomic mass is 9.91. The molecule has 4 unspecified atom stereocenters. The van der Waals surface area contributed by atoms with E-state index in [-0.39, 0.29) is 29.4 Å². The number of fused-ring (bicyclic) bond motifs is 3. The normalized spacial score (nSPS) is 26.2. The Morgan fingerprint density at radius 2 is 2.00 bits per heavy atom. The van der Waals surface area contributed by atoms with Crippen LogP contribution in [0.3, 0.4) is 0 Å². The molecule has 1 saturated heterocycles. The molecule has 3 rings (SSSR count). The molecule has 0 saturated carbocycles. The van der Waals surface area contributed by atoms with E-state index in [1.807, 2.05) is 19.1 Å². The van der Waals surface area contributed by atoms with Crippen molar-refractivity contribution in [2.24, 2.45) is 0 Å². The van der Waals surface area contributed by atoms with E-state index in [0.717, 1.165) is 6.42 Å². The Hall–Kier alpha value is -2.90. The number of hydrogen-bond acceptors (Lipinski definition) is 6. The van der Waals surface area contributed by atoms with Gasteiger partial charge in [-0.2, -0.15) is 0 Å². The van der Waals surface area contributed by atoms with E-state index in [0.29, 0.717) is 37.7 Å². The second-order valence-electron chi connectivity index (χ2n) is 8.13. The number of esters is 1. The number of benzene rings is 1. The fourth-order valence-electron chi connectivity index (χ4n) is 4.07. The molecular weight excluding hydrogens is 410 g/mol.